The Labute approximate surface area is 148 Å². The molecule has 2 nitrogen and oxygen atoms in total. The van der Waals surface area contributed by atoms with E-state index in [0.29, 0.717) is 0 Å². The number of hydrogen-bond donors (Lipinski definition) is 1. The third-order valence-electron chi connectivity index (χ3n) is 3.63. The first-order chi connectivity index (χ1) is 11.8. The largest absolute Gasteiger partial charge is 0.478 e. The molecule has 0 aromatic carbocycles. The zero-order valence-corrected chi connectivity index (χ0v) is 15.2. The van der Waals surface area contributed by atoms with Crippen molar-refractivity contribution >= 4 is 5.97 Å². The molecule has 0 unspecified atom stereocenters. The van der Waals surface area contributed by atoms with Gasteiger partial charge in [-0.25, -0.2) is 4.79 Å². The minimum Gasteiger partial charge on any atom is -0.478 e. The Bertz CT molecular complexity index is 425. The Morgan fingerprint density at radius 3 is 1.67 bits per heavy atom. The summed E-state index contributed by atoms with van der Waals surface area (Å²) in [6, 6.07) is 0. The number of allylic oxidation sites excluding steroid dienone is 9. The lowest BCUT2D eigenvalue weighted by molar-refractivity contribution is -0.131. The number of hydrogen-bond acceptors (Lipinski definition) is 1. The molecule has 0 amide bonds. The van der Waals surface area contributed by atoms with Crippen molar-refractivity contribution in [3.8, 4) is 0 Å². The molecule has 1 N–H and O–H groups in total. The lowest BCUT2D eigenvalue weighted by Crippen LogP contribution is -1.84. The first kappa shape index (κ1) is 22.2. The van der Waals surface area contributed by atoms with Crippen LogP contribution >= 0.6 is 0 Å². The van der Waals surface area contributed by atoms with Gasteiger partial charge in [0.2, 0.25) is 0 Å². The molecular weight excluding hydrogens is 296 g/mol. The molecule has 0 radical (unpaired) electrons. The molecule has 0 saturated heterocycles. The number of aliphatic carboxylic acids is 1. The summed E-state index contributed by atoms with van der Waals surface area (Å²) >= 11 is 0. The van der Waals surface area contributed by atoms with E-state index in [1.165, 1.54) is 63.9 Å². The highest BCUT2D eigenvalue weighted by molar-refractivity contribution is 5.80. The van der Waals surface area contributed by atoms with E-state index >= 15 is 0 Å². The van der Waals surface area contributed by atoms with E-state index in [4.69, 9.17) is 5.11 Å². The third kappa shape index (κ3) is 20.2. The van der Waals surface area contributed by atoms with Crippen LogP contribution in [-0.2, 0) is 4.79 Å². The molecule has 0 bridgehead atoms. The molecule has 0 heterocycles. The topological polar surface area (TPSA) is 37.3 Å². The Kier molecular flexibility index (Phi) is 17.8. The maximum absolute atomic E-state index is 10.2. The molecule has 0 aliphatic rings. The molecular formula is C22H34O2. The highest BCUT2D eigenvalue weighted by atomic mass is 16.4. The highest BCUT2D eigenvalue weighted by Crippen LogP contribution is 2.10. The Morgan fingerprint density at radius 2 is 1.12 bits per heavy atom. The van der Waals surface area contributed by atoms with Gasteiger partial charge in [-0.05, 0) is 12.8 Å². The van der Waals surface area contributed by atoms with Crippen molar-refractivity contribution in [3.63, 3.8) is 0 Å². The number of unbranched alkanes of at least 4 members (excludes halogenated alkanes) is 9. The summed E-state index contributed by atoms with van der Waals surface area (Å²) in [4.78, 5) is 10.2. The fourth-order valence-electron chi connectivity index (χ4n) is 2.27. The molecule has 0 spiro atoms. The maximum Gasteiger partial charge on any atom is 0.328 e. The van der Waals surface area contributed by atoms with Crippen LogP contribution in [0.2, 0.25) is 0 Å². The van der Waals surface area contributed by atoms with Crippen molar-refractivity contribution in [1.82, 2.24) is 0 Å². The van der Waals surface area contributed by atoms with Crippen molar-refractivity contribution < 1.29 is 9.90 Å². The van der Waals surface area contributed by atoms with Crippen LogP contribution in [0.15, 0.2) is 60.8 Å². The molecule has 0 rings (SSSR count). The van der Waals surface area contributed by atoms with Gasteiger partial charge in [0.15, 0.2) is 0 Å². The molecule has 0 fully saturated rings. The number of rotatable bonds is 15. The van der Waals surface area contributed by atoms with Crippen molar-refractivity contribution in [1.29, 1.82) is 0 Å². The van der Waals surface area contributed by atoms with Crippen LogP contribution in [0.1, 0.15) is 71.1 Å². The van der Waals surface area contributed by atoms with Gasteiger partial charge in [-0.1, -0.05) is 113 Å². The zero-order valence-electron chi connectivity index (χ0n) is 15.2. The van der Waals surface area contributed by atoms with Crippen molar-refractivity contribution in [3.05, 3.63) is 60.8 Å². The molecule has 2 heteroatoms. The quantitative estimate of drug-likeness (QED) is 0.204. The van der Waals surface area contributed by atoms with Gasteiger partial charge in [-0.2, -0.15) is 0 Å². The smallest absolute Gasteiger partial charge is 0.328 e. The second-order valence-corrected chi connectivity index (χ2v) is 5.90. The number of carboxylic acid groups (broad SMARTS) is 1. The van der Waals surface area contributed by atoms with Gasteiger partial charge in [-0.15, -0.1) is 0 Å². The average Bonchev–Trinajstić information content (AvgIpc) is 2.56. The molecule has 24 heavy (non-hydrogen) atoms. The Hall–Kier alpha value is -1.83. The van der Waals surface area contributed by atoms with Gasteiger partial charge in [0, 0.05) is 6.08 Å². The van der Waals surface area contributed by atoms with E-state index in [1.807, 2.05) is 24.3 Å². The summed E-state index contributed by atoms with van der Waals surface area (Å²) < 4.78 is 0. The van der Waals surface area contributed by atoms with Gasteiger partial charge < -0.3 is 5.11 Å². The van der Waals surface area contributed by atoms with E-state index in [1.54, 1.807) is 12.2 Å². The van der Waals surface area contributed by atoms with E-state index in [0.717, 1.165) is 12.5 Å². The highest BCUT2D eigenvalue weighted by Gasteiger charge is 1.90. The first-order valence-electron chi connectivity index (χ1n) is 9.33. The summed E-state index contributed by atoms with van der Waals surface area (Å²) in [5, 5.41) is 8.40. The molecule has 134 valence electrons. The fourth-order valence-corrected chi connectivity index (χ4v) is 2.27. The lowest BCUT2D eigenvalue weighted by Gasteiger charge is -2.00. The Balaban J connectivity index is 3.44. The van der Waals surface area contributed by atoms with Crippen LogP contribution in [0.4, 0.5) is 0 Å². The predicted molar refractivity (Wildman–Crippen MR) is 105 cm³/mol. The number of carboxylic acids is 1. The Morgan fingerprint density at radius 1 is 0.667 bits per heavy atom. The normalized spacial score (nSPS) is 12.7. The van der Waals surface area contributed by atoms with Gasteiger partial charge in [-0.3, -0.25) is 0 Å². The van der Waals surface area contributed by atoms with Crippen LogP contribution in [0.3, 0.4) is 0 Å². The molecule has 0 aromatic heterocycles. The van der Waals surface area contributed by atoms with Gasteiger partial charge in [0.1, 0.15) is 0 Å². The van der Waals surface area contributed by atoms with Gasteiger partial charge in [0.05, 0.1) is 0 Å². The van der Waals surface area contributed by atoms with Gasteiger partial charge in [0.25, 0.3) is 0 Å². The molecule has 0 aromatic rings. The second kappa shape index (κ2) is 19.2. The third-order valence-corrected chi connectivity index (χ3v) is 3.63. The van der Waals surface area contributed by atoms with Crippen molar-refractivity contribution in [2.45, 2.75) is 71.1 Å². The fraction of sp³-hybridized carbons (Fsp3) is 0.500. The monoisotopic (exact) mass is 330 g/mol. The zero-order chi connectivity index (χ0) is 17.7. The second-order valence-electron chi connectivity index (χ2n) is 5.90. The van der Waals surface area contributed by atoms with Crippen LogP contribution in [-0.4, -0.2) is 11.1 Å². The van der Waals surface area contributed by atoms with E-state index in [9.17, 15) is 4.79 Å². The minimum atomic E-state index is -0.930. The maximum atomic E-state index is 10.2. The van der Waals surface area contributed by atoms with Crippen LogP contribution in [0, 0.1) is 0 Å². The summed E-state index contributed by atoms with van der Waals surface area (Å²) in [7, 11) is 0. The molecule has 0 aliphatic carbocycles. The van der Waals surface area contributed by atoms with Crippen LogP contribution < -0.4 is 0 Å². The predicted octanol–water partition coefficient (Wildman–Crippen LogP) is 6.77. The standard InChI is InChI=1S/C22H34O2/c1-2-3-4-5-6-7-8-9-10-11-12-13-14-15-16-17-18-19-20-21-22(23)24/h12-21H,2-11H2,1H3,(H,23,24). The van der Waals surface area contributed by atoms with E-state index in [2.05, 4.69) is 19.1 Å². The minimum absolute atomic E-state index is 0.930. The van der Waals surface area contributed by atoms with Crippen LogP contribution in [0.25, 0.3) is 0 Å². The lowest BCUT2D eigenvalue weighted by atomic mass is 10.1. The van der Waals surface area contributed by atoms with Crippen molar-refractivity contribution in [2.75, 3.05) is 0 Å². The van der Waals surface area contributed by atoms with E-state index < -0.39 is 5.97 Å². The molecule has 0 saturated carbocycles. The van der Waals surface area contributed by atoms with Gasteiger partial charge >= 0.3 is 5.97 Å². The van der Waals surface area contributed by atoms with Crippen molar-refractivity contribution in [2.24, 2.45) is 0 Å². The average molecular weight is 331 g/mol. The van der Waals surface area contributed by atoms with Crippen LogP contribution in [0.5, 0.6) is 0 Å². The summed E-state index contributed by atoms with van der Waals surface area (Å²) in [6.07, 6.45) is 31.7. The molecule has 0 atom stereocenters. The van der Waals surface area contributed by atoms with E-state index in [-0.39, 0.29) is 0 Å². The number of carbonyl (C=O) groups is 1. The first-order valence-corrected chi connectivity index (χ1v) is 9.33. The summed E-state index contributed by atoms with van der Waals surface area (Å²) in [6.45, 7) is 2.26. The molecule has 0 aliphatic heterocycles. The SMILES string of the molecule is CCCCCCCCCCCC=CC=CC=CC=CC=CC(=O)O. The summed E-state index contributed by atoms with van der Waals surface area (Å²) in [5.41, 5.74) is 0. The summed E-state index contributed by atoms with van der Waals surface area (Å²) in [5.74, 6) is -0.930.